The molecule has 0 radical (unpaired) electrons. The summed E-state index contributed by atoms with van der Waals surface area (Å²) in [5.41, 5.74) is 0. The van der Waals surface area contributed by atoms with Gasteiger partial charge in [0.05, 0.1) is 19.0 Å². The van der Waals surface area contributed by atoms with Crippen LogP contribution >= 0.6 is 0 Å². The van der Waals surface area contributed by atoms with E-state index in [2.05, 4.69) is 10.6 Å². The molecule has 8 nitrogen and oxygen atoms in total. The van der Waals surface area contributed by atoms with E-state index in [4.69, 9.17) is 0 Å². The molecular weight excluding hydrogens is 290 g/mol. The molecule has 0 spiro atoms. The van der Waals surface area contributed by atoms with Gasteiger partial charge in [-0.25, -0.2) is 0 Å². The summed E-state index contributed by atoms with van der Waals surface area (Å²) >= 11 is 0. The van der Waals surface area contributed by atoms with Crippen molar-refractivity contribution < 1.29 is 24.3 Å². The number of hydrogen-bond acceptors (Lipinski definition) is 4. The van der Waals surface area contributed by atoms with Crippen LogP contribution in [-0.4, -0.2) is 59.9 Å². The molecular formula is C14H21N3O5. The highest BCUT2D eigenvalue weighted by Gasteiger charge is 2.46. The van der Waals surface area contributed by atoms with Crippen molar-refractivity contribution in [2.75, 3.05) is 26.2 Å². The predicted molar refractivity (Wildman–Crippen MR) is 75.6 cm³/mol. The second-order valence-corrected chi connectivity index (χ2v) is 5.93. The third-order valence-electron chi connectivity index (χ3n) is 4.20. The van der Waals surface area contributed by atoms with Crippen LogP contribution in [-0.2, 0) is 19.2 Å². The number of likely N-dealkylation sites (tertiary alicyclic amines) is 1. The van der Waals surface area contributed by atoms with Crippen LogP contribution in [0.15, 0.2) is 0 Å². The number of nitrogens with one attached hydrogen (secondary N) is 2. The number of nitrogens with zero attached hydrogens (tertiary/aromatic N) is 1. The predicted octanol–water partition coefficient (Wildman–Crippen LogP) is -1.19. The van der Waals surface area contributed by atoms with Crippen LogP contribution in [0.25, 0.3) is 0 Å². The molecule has 22 heavy (non-hydrogen) atoms. The monoisotopic (exact) mass is 311 g/mol. The van der Waals surface area contributed by atoms with E-state index in [1.807, 2.05) is 0 Å². The van der Waals surface area contributed by atoms with E-state index in [9.17, 15) is 24.3 Å². The number of carbonyl (C=O) groups is 4. The average molecular weight is 311 g/mol. The van der Waals surface area contributed by atoms with E-state index < -0.39 is 17.8 Å². The molecule has 1 saturated heterocycles. The molecule has 0 aromatic rings. The number of amides is 3. The van der Waals surface area contributed by atoms with Gasteiger partial charge >= 0.3 is 5.97 Å². The second-order valence-electron chi connectivity index (χ2n) is 5.93. The molecule has 122 valence electrons. The smallest absolute Gasteiger partial charge is 0.308 e. The van der Waals surface area contributed by atoms with Crippen LogP contribution in [0.2, 0.25) is 0 Å². The molecule has 3 N–H and O–H groups in total. The van der Waals surface area contributed by atoms with Gasteiger partial charge in [0.15, 0.2) is 0 Å². The minimum absolute atomic E-state index is 0.0246. The lowest BCUT2D eigenvalue weighted by Crippen LogP contribution is -2.42. The summed E-state index contributed by atoms with van der Waals surface area (Å²) in [4.78, 5) is 47.0. The van der Waals surface area contributed by atoms with Gasteiger partial charge in [0, 0.05) is 20.0 Å². The zero-order valence-electron chi connectivity index (χ0n) is 12.5. The van der Waals surface area contributed by atoms with Gasteiger partial charge in [-0.1, -0.05) is 0 Å². The Balaban J connectivity index is 1.79. The topological polar surface area (TPSA) is 116 Å². The maximum atomic E-state index is 12.1. The van der Waals surface area contributed by atoms with Crippen molar-refractivity contribution in [3.05, 3.63) is 0 Å². The third-order valence-corrected chi connectivity index (χ3v) is 4.20. The summed E-state index contributed by atoms with van der Waals surface area (Å²) in [5.74, 6) is -1.99. The van der Waals surface area contributed by atoms with E-state index in [1.165, 1.54) is 11.8 Å². The Bertz CT molecular complexity index is 489. The third kappa shape index (κ3) is 4.19. The minimum Gasteiger partial charge on any atom is -0.481 e. The molecule has 1 heterocycles. The Hall–Kier alpha value is -2.12. The van der Waals surface area contributed by atoms with Gasteiger partial charge in [0.25, 0.3) is 0 Å². The molecule has 3 amide bonds. The van der Waals surface area contributed by atoms with Crippen LogP contribution in [0, 0.1) is 17.8 Å². The van der Waals surface area contributed by atoms with E-state index in [0.29, 0.717) is 12.5 Å². The zero-order chi connectivity index (χ0) is 16.3. The lowest BCUT2D eigenvalue weighted by molar-refractivity contribution is -0.143. The Morgan fingerprint density at radius 2 is 1.77 bits per heavy atom. The van der Waals surface area contributed by atoms with Crippen molar-refractivity contribution in [3.63, 3.8) is 0 Å². The molecule has 8 heteroatoms. The van der Waals surface area contributed by atoms with Crippen molar-refractivity contribution in [1.29, 1.82) is 0 Å². The average Bonchev–Trinajstić information content (AvgIpc) is 3.20. The van der Waals surface area contributed by atoms with Gasteiger partial charge in [0.2, 0.25) is 17.7 Å². The van der Waals surface area contributed by atoms with Crippen molar-refractivity contribution in [2.24, 2.45) is 17.8 Å². The molecule has 2 rings (SSSR count). The molecule has 2 fully saturated rings. The highest BCUT2D eigenvalue weighted by Crippen LogP contribution is 2.44. The Kier molecular flexibility index (Phi) is 4.99. The Morgan fingerprint density at radius 1 is 1.09 bits per heavy atom. The number of hydrogen-bond donors (Lipinski definition) is 3. The second kappa shape index (κ2) is 6.76. The van der Waals surface area contributed by atoms with Crippen molar-refractivity contribution in [1.82, 2.24) is 15.5 Å². The Morgan fingerprint density at radius 3 is 2.32 bits per heavy atom. The van der Waals surface area contributed by atoms with Gasteiger partial charge in [0.1, 0.15) is 0 Å². The maximum absolute atomic E-state index is 12.1. The number of carbonyl (C=O) groups excluding carboxylic acids is 3. The highest BCUT2D eigenvalue weighted by atomic mass is 16.4. The fourth-order valence-electron chi connectivity index (χ4n) is 2.85. The van der Waals surface area contributed by atoms with E-state index in [1.54, 1.807) is 0 Å². The fraction of sp³-hybridized carbons (Fsp3) is 0.714. The number of carboxylic acid groups (broad SMARTS) is 1. The molecule has 2 atom stereocenters. The van der Waals surface area contributed by atoms with Crippen LogP contribution in [0.5, 0.6) is 0 Å². The van der Waals surface area contributed by atoms with Gasteiger partial charge in [-0.3, -0.25) is 19.2 Å². The molecule has 0 bridgehead atoms. The van der Waals surface area contributed by atoms with E-state index in [-0.39, 0.29) is 37.4 Å². The molecule has 0 unspecified atom stereocenters. The van der Waals surface area contributed by atoms with Gasteiger partial charge in [-0.15, -0.1) is 0 Å². The molecule has 1 aliphatic heterocycles. The normalized spacial score (nSPS) is 24.0. The van der Waals surface area contributed by atoms with Crippen LogP contribution in [0.4, 0.5) is 0 Å². The van der Waals surface area contributed by atoms with Gasteiger partial charge in [-0.2, -0.15) is 0 Å². The fourth-order valence-corrected chi connectivity index (χ4v) is 2.85. The first-order valence-electron chi connectivity index (χ1n) is 7.40. The van der Waals surface area contributed by atoms with Crippen LogP contribution in [0.1, 0.15) is 19.8 Å². The first-order chi connectivity index (χ1) is 10.4. The summed E-state index contributed by atoms with van der Waals surface area (Å²) in [6, 6.07) is 0. The summed E-state index contributed by atoms with van der Waals surface area (Å²) in [6.07, 6.45) is 2.06. The molecule has 0 aromatic heterocycles. The highest BCUT2D eigenvalue weighted by molar-refractivity contribution is 5.88. The summed E-state index contributed by atoms with van der Waals surface area (Å²) in [5, 5.41) is 14.0. The lowest BCUT2D eigenvalue weighted by atomic mass is 9.92. The lowest BCUT2D eigenvalue weighted by Gasteiger charge is -2.16. The first-order valence-corrected chi connectivity index (χ1v) is 7.40. The van der Waals surface area contributed by atoms with Crippen molar-refractivity contribution >= 4 is 23.7 Å². The number of aliphatic carboxylic acids is 1. The molecule has 1 saturated carbocycles. The summed E-state index contributed by atoms with van der Waals surface area (Å²) in [6.45, 7) is 1.60. The van der Waals surface area contributed by atoms with Gasteiger partial charge in [-0.05, 0) is 24.7 Å². The van der Waals surface area contributed by atoms with Crippen molar-refractivity contribution in [3.8, 4) is 0 Å². The van der Waals surface area contributed by atoms with Gasteiger partial charge < -0.3 is 20.6 Å². The quantitative estimate of drug-likeness (QED) is 0.570. The molecule has 0 aromatic carbocycles. The van der Waals surface area contributed by atoms with E-state index >= 15 is 0 Å². The van der Waals surface area contributed by atoms with Crippen LogP contribution in [0.3, 0.4) is 0 Å². The zero-order valence-corrected chi connectivity index (χ0v) is 12.5. The summed E-state index contributed by atoms with van der Waals surface area (Å²) < 4.78 is 0. The SMILES string of the molecule is CC(=O)NCC(=O)NCC(=O)N1C[C@H](C(=O)O)[C@@H](C2CC2)C1. The number of carboxylic acids is 1. The molecule has 2 aliphatic rings. The maximum Gasteiger partial charge on any atom is 0.308 e. The largest absolute Gasteiger partial charge is 0.481 e. The standard InChI is InChI=1S/C14H21N3O5/c1-8(18)15-4-12(19)16-5-13(20)17-6-10(9-2-3-9)11(7-17)14(21)22/h9-11H,2-7H2,1H3,(H,15,18)(H,16,19)(H,21,22)/t10-,11+/m1/s1. The first kappa shape index (κ1) is 16.3. The van der Waals surface area contributed by atoms with Crippen LogP contribution < -0.4 is 10.6 Å². The summed E-state index contributed by atoms with van der Waals surface area (Å²) in [7, 11) is 0. The Labute approximate surface area is 128 Å². The number of rotatable bonds is 6. The van der Waals surface area contributed by atoms with E-state index in [0.717, 1.165) is 12.8 Å². The van der Waals surface area contributed by atoms with Crippen molar-refractivity contribution in [2.45, 2.75) is 19.8 Å². The molecule has 1 aliphatic carbocycles. The minimum atomic E-state index is -0.859.